The molecule has 0 aromatic carbocycles. The Morgan fingerprint density at radius 1 is 1.42 bits per heavy atom. The molecule has 0 heterocycles. The van der Waals surface area contributed by atoms with E-state index >= 15 is 0 Å². The van der Waals surface area contributed by atoms with Crippen LogP contribution in [0.25, 0.3) is 0 Å². The molecule has 8 heteroatoms. The summed E-state index contributed by atoms with van der Waals surface area (Å²) < 4.78 is 28.8. The van der Waals surface area contributed by atoms with Crippen molar-refractivity contribution in [2.24, 2.45) is 5.73 Å². The molecule has 7 nitrogen and oxygen atoms in total. The van der Waals surface area contributed by atoms with Crippen LogP contribution in [0, 0.1) is 0 Å². The molecule has 1 unspecified atom stereocenters. The Bertz CT molecular complexity index is 293. The minimum absolute atomic E-state index is 0.936. The van der Waals surface area contributed by atoms with Gasteiger partial charge in [0.1, 0.15) is 0 Å². The molecule has 12 heavy (non-hydrogen) atoms. The summed E-state index contributed by atoms with van der Waals surface area (Å²) in [5, 5.41) is 6.04. The van der Waals surface area contributed by atoms with Gasteiger partial charge in [-0.25, -0.2) is 0 Å². The summed E-state index contributed by atoms with van der Waals surface area (Å²) in [6.07, 6.45) is -0.936. The molecule has 1 atom stereocenters. The quantitative estimate of drug-likeness (QED) is 0.455. The van der Waals surface area contributed by atoms with E-state index < -0.39 is 33.7 Å². The third-order valence-corrected chi connectivity index (χ3v) is 2.11. The minimum atomic E-state index is -4.76. The molecule has 0 saturated heterocycles. The number of carbonyl (C=O) groups is 2. The van der Waals surface area contributed by atoms with Crippen LogP contribution in [0.1, 0.15) is 6.42 Å². The lowest BCUT2D eigenvalue weighted by Crippen LogP contribution is -2.34. The molecule has 1 amide bonds. The summed E-state index contributed by atoms with van der Waals surface area (Å²) >= 11 is 0. The Morgan fingerprint density at radius 2 is 1.83 bits per heavy atom. The van der Waals surface area contributed by atoms with Crippen molar-refractivity contribution in [3.63, 3.8) is 0 Å². The molecule has 0 saturated carbocycles. The van der Waals surface area contributed by atoms with Gasteiger partial charge in [0.15, 0.2) is 5.25 Å². The van der Waals surface area contributed by atoms with E-state index in [4.69, 9.17) is 9.66 Å². The van der Waals surface area contributed by atoms with Crippen LogP contribution in [0.4, 0.5) is 0 Å². The fraction of sp³-hybridized carbons (Fsp3) is 0.500. The lowest BCUT2D eigenvalue weighted by atomic mass is 10.3. The predicted molar refractivity (Wildman–Crippen MR) is 36.8 cm³/mol. The summed E-state index contributed by atoms with van der Waals surface area (Å²) in [5.74, 6) is -2.92. The summed E-state index contributed by atoms with van der Waals surface area (Å²) in [6.45, 7) is 0. The molecule has 0 aliphatic rings. The van der Waals surface area contributed by atoms with Crippen molar-refractivity contribution in [3.05, 3.63) is 0 Å². The first-order chi connectivity index (χ1) is 5.25. The number of aliphatic carboxylic acids is 1. The highest BCUT2D eigenvalue weighted by atomic mass is 32.2. The number of hydrogen-bond acceptors (Lipinski definition) is 4. The smallest absolute Gasteiger partial charge is 0.324 e. The summed E-state index contributed by atoms with van der Waals surface area (Å²) in [7, 11) is -4.76. The largest absolute Gasteiger partial charge is 0.480 e. The second-order valence-corrected chi connectivity index (χ2v) is 3.61. The van der Waals surface area contributed by atoms with Gasteiger partial charge < -0.3 is 10.8 Å². The van der Waals surface area contributed by atoms with Crippen LogP contribution in [-0.4, -0.2) is 35.2 Å². The molecule has 0 radical (unpaired) electrons. The fourth-order valence-electron chi connectivity index (χ4n) is 0.503. The second kappa shape index (κ2) is 3.50. The highest BCUT2D eigenvalue weighted by molar-refractivity contribution is 7.87. The molecule has 0 rings (SSSR count). The molecule has 0 aliphatic carbocycles. The highest BCUT2D eigenvalue weighted by Crippen LogP contribution is 2.03. The van der Waals surface area contributed by atoms with Crippen molar-refractivity contribution in [2.45, 2.75) is 11.7 Å². The van der Waals surface area contributed by atoms with Crippen LogP contribution < -0.4 is 5.73 Å². The van der Waals surface area contributed by atoms with Crippen molar-refractivity contribution >= 4 is 22.0 Å². The van der Waals surface area contributed by atoms with E-state index in [1.54, 1.807) is 0 Å². The Labute approximate surface area is 67.9 Å². The van der Waals surface area contributed by atoms with Gasteiger partial charge in [-0.05, 0) is 0 Å². The maximum absolute atomic E-state index is 10.3. The molecule has 4 N–H and O–H groups in total. The number of rotatable bonds is 4. The maximum atomic E-state index is 10.3. The van der Waals surface area contributed by atoms with Crippen LogP contribution >= 0.6 is 0 Å². The highest BCUT2D eigenvalue weighted by Gasteiger charge is 2.32. The van der Waals surface area contributed by atoms with Crippen LogP contribution in [0.5, 0.6) is 0 Å². The molecule has 0 bridgehead atoms. The van der Waals surface area contributed by atoms with Crippen LogP contribution in [0.3, 0.4) is 0 Å². The maximum Gasteiger partial charge on any atom is 0.324 e. The molecule has 0 aromatic heterocycles. The third-order valence-electron chi connectivity index (χ3n) is 1.02. The molecular weight excluding hydrogens is 190 g/mol. The molecular formula is C4H7NO6S. The Balaban J connectivity index is 4.70. The lowest BCUT2D eigenvalue weighted by molar-refractivity contribution is -0.138. The van der Waals surface area contributed by atoms with Crippen molar-refractivity contribution < 1.29 is 27.7 Å². The van der Waals surface area contributed by atoms with Crippen LogP contribution in [-0.2, 0) is 19.7 Å². The topological polar surface area (TPSA) is 135 Å². The molecule has 0 spiro atoms. The second-order valence-electron chi connectivity index (χ2n) is 2.01. The first-order valence-corrected chi connectivity index (χ1v) is 4.23. The SMILES string of the molecule is NC(=O)CC(C(=O)O)S(=O)(=O)O. The van der Waals surface area contributed by atoms with Gasteiger partial charge >= 0.3 is 5.97 Å². The van der Waals surface area contributed by atoms with Crippen molar-refractivity contribution in [2.75, 3.05) is 0 Å². The van der Waals surface area contributed by atoms with E-state index in [1.807, 2.05) is 0 Å². The van der Waals surface area contributed by atoms with Gasteiger partial charge in [0.05, 0.1) is 6.42 Å². The van der Waals surface area contributed by atoms with Gasteiger partial charge in [-0.15, -0.1) is 0 Å². The summed E-state index contributed by atoms with van der Waals surface area (Å²) in [4.78, 5) is 20.3. The molecule has 0 fully saturated rings. The van der Waals surface area contributed by atoms with E-state index in [2.05, 4.69) is 5.73 Å². The van der Waals surface area contributed by atoms with Crippen LogP contribution in [0.15, 0.2) is 0 Å². The number of carboxylic acids is 1. The average molecular weight is 197 g/mol. The van der Waals surface area contributed by atoms with Crippen molar-refractivity contribution in [3.8, 4) is 0 Å². The average Bonchev–Trinajstić information content (AvgIpc) is 1.79. The van der Waals surface area contributed by atoms with Gasteiger partial charge in [0.25, 0.3) is 10.1 Å². The van der Waals surface area contributed by atoms with Gasteiger partial charge in [-0.3, -0.25) is 14.1 Å². The molecule has 0 aliphatic heterocycles. The monoisotopic (exact) mass is 197 g/mol. The Morgan fingerprint density at radius 3 is 1.92 bits per heavy atom. The first kappa shape index (κ1) is 10.8. The number of carbonyl (C=O) groups excluding carboxylic acids is 1. The van der Waals surface area contributed by atoms with E-state index in [-0.39, 0.29) is 0 Å². The van der Waals surface area contributed by atoms with Crippen LogP contribution in [0.2, 0.25) is 0 Å². The van der Waals surface area contributed by atoms with Crippen molar-refractivity contribution in [1.82, 2.24) is 0 Å². The normalized spacial score (nSPS) is 13.8. The van der Waals surface area contributed by atoms with E-state index in [1.165, 1.54) is 0 Å². The first-order valence-electron chi connectivity index (χ1n) is 2.72. The van der Waals surface area contributed by atoms with E-state index in [0.717, 1.165) is 0 Å². The molecule has 70 valence electrons. The van der Waals surface area contributed by atoms with E-state index in [0.29, 0.717) is 0 Å². The zero-order valence-corrected chi connectivity index (χ0v) is 6.61. The van der Waals surface area contributed by atoms with Gasteiger partial charge in [-0.2, -0.15) is 8.42 Å². The third kappa shape index (κ3) is 3.30. The van der Waals surface area contributed by atoms with E-state index in [9.17, 15) is 18.0 Å². The van der Waals surface area contributed by atoms with Gasteiger partial charge in [0, 0.05) is 0 Å². The summed E-state index contributed by atoms with van der Waals surface area (Å²) in [6, 6.07) is 0. The minimum Gasteiger partial charge on any atom is -0.480 e. The number of nitrogens with two attached hydrogens (primary N) is 1. The predicted octanol–water partition coefficient (Wildman–Crippen LogP) is -1.80. The number of hydrogen-bond donors (Lipinski definition) is 3. The standard InChI is InChI=1S/C4H7NO6S/c5-3(6)1-2(4(7)8)12(9,10)11/h2H,1H2,(H2,5,6)(H,7,8)(H,9,10,11). The van der Waals surface area contributed by atoms with Gasteiger partial charge in [0.2, 0.25) is 5.91 Å². The van der Waals surface area contributed by atoms with Gasteiger partial charge in [-0.1, -0.05) is 0 Å². The zero-order chi connectivity index (χ0) is 9.94. The lowest BCUT2D eigenvalue weighted by Gasteiger charge is -2.04. The zero-order valence-electron chi connectivity index (χ0n) is 5.80. The molecule has 0 aromatic rings. The fourth-order valence-corrected chi connectivity index (χ4v) is 1.13. The summed E-state index contributed by atoms with van der Waals surface area (Å²) in [5.41, 5.74) is 4.55. The number of primary amides is 1. The Hall–Kier alpha value is -1.15. The number of amides is 1. The Kier molecular flexibility index (Phi) is 3.16. The number of carboxylic acid groups (broad SMARTS) is 1. The van der Waals surface area contributed by atoms with Crippen molar-refractivity contribution in [1.29, 1.82) is 0 Å².